The highest BCUT2D eigenvalue weighted by atomic mass is 127. The number of halogens is 1. The van der Waals surface area contributed by atoms with Gasteiger partial charge in [-0.05, 0) is 39.3 Å². The number of aryl methyl sites for hydroxylation is 3. The van der Waals surface area contributed by atoms with Crippen LogP contribution in [0.1, 0.15) is 30.3 Å². The van der Waals surface area contributed by atoms with E-state index in [1.807, 2.05) is 31.2 Å². The molecule has 1 aromatic heterocycles. The first-order chi connectivity index (χ1) is 12.1. The molecule has 26 heavy (non-hydrogen) atoms. The van der Waals surface area contributed by atoms with Crippen LogP contribution in [0.4, 0.5) is 0 Å². The van der Waals surface area contributed by atoms with Crippen LogP contribution in [0.5, 0.6) is 5.75 Å². The van der Waals surface area contributed by atoms with Crippen LogP contribution in [0.2, 0.25) is 0 Å². The molecule has 2 N–H and O–H groups in total. The number of para-hydroxylation sites is 1. The van der Waals surface area contributed by atoms with Gasteiger partial charge in [0.05, 0.1) is 19.3 Å². The highest BCUT2D eigenvalue weighted by molar-refractivity contribution is 14.0. The summed E-state index contributed by atoms with van der Waals surface area (Å²) in [6.45, 7) is 9.33. The number of rotatable bonds is 8. The Bertz CT molecular complexity index is 699. The van der Waals surface area contributed by atoms with Crippen LogP contribution in [0.3, 0.4) is 0 Å². The van der Waals surface area contributed by atoms with Gasteiger partial charge in [-0.15, -0.1) is 24.0 Å². The molecule has 6 nitrogen and oxygen atoms in total. The molecule has 0 radical (unpaired) electrons. The molecule has 0 saturated carbocycles. The molecule has 2 aromatic rings. The Labute approximate surface area is 173 Å². The Balaban J connectivity index is 0.00000338. The molecule has 0 bridgehead atoms. The third-order valence-corrected chi connectivity index (χ3v) is 3.89. The summed E-state index contributed by atoms with van der Waals surface area (Å²) in [4.78, 5) is 4.65. The fourth-order valence-corrected chi connectivity index (χ4v) is 2.68. The van der Waals surface area contributed by atoms with Gasteiger partial charge in [-0.2, -0.15) is 5.10 Å². The van der Waals surface area contributed by atoms with Crippen LogP contribution in [-0.2, 0) is 13.1 Å². The Hall–Kier alpha value is -1.77. The smallest absolute Gasteiger partial charge is 0.191 e. The summed E-state index contributed by atoms with van der Waals surface area (Å²) in [5.74, 6) is 1.69. The zero-order chi connectivity index (χ0) is 18.1. The van der Waals surface area contributed by atoms with E-state index in [1.54, 1.807) is 7.11 Å². The van der Waals surface area contributed by atoms with Crippen molar-refractivity contribution in [2.24, 2.45) is 4.99 Å². The maximum atomic E-state index is 5.38. The van der Waals surface area contributed by atoms with Gasteiger partial charge in [-0.3, -0.25) is 4.68 Å². The Kier molecular flexibility index (Phi) is 10.1. The quantitative estimate of drug-likeness (QED) is 0.269. The second-order valence-corrected chi connectivity index (χ2v) is 5.94. The van der Waals surface area contributed by atoms with E-state index in [2.05, 4.69) is 45.3 Å². The number of aliphatic imine (C=N–C) groups is 1. The second kappa shape index (κ2) is 11.8. The number of aromatic nitrogens is 2. The molecule has 0 aliphatic rings. The largest absolute Gasteiger partial charge is 0.496 e. The first kappa shape index (κ1) is 22.3. The Morgan fingerprint density at radius 1 is 1.23 bits per heavy atom. The molecule has 0 atom stereocenters. The number of guanidine groups is 1. The minimum Gasteiger partial charge on any atom is -0.496 e. The van der Waals surface area contributed by atoms with Crippen LogP contribution in [0.15, 0.2) is 35.3 Å². The molecule has 0 fully saturated rings. The zero-order valence-electron chi connectivity index (χ0n) is 16.1. The Morgan fingerprint density at radius 3 is 2.65 bits per heavy atom. The summed E-state index contributed by atoms with van der Waals surface area (Å²) in [6, 6.07) is 10.1. The van der Waals surface area contributed by atoms with Gasteiger partial charge in [0.2, 0.25) is 0 Å². The van der Waals surface area contributed by atoms with Crippen molar-refractivity contribution in [3.05, 3.63) is 47.3 Å². The van der Waals surface area contributed by atoms with Crippen molar-refractivity contribution in [3.63, 3.8) is 0 Å². The fraction of sp³-hybridized carbons (Fsp3) is 0.474. The van der Waals surface area contributed by atoms with Crippen LogP contribution in [-0.4, -0.2) is 35.9 Å². The number of benzene rings is 1. The van der Waals surface area contributed by atoms with Crippen molar-refractivity contribution in [1.82, 2.24) is 20.4 Å². The van der Waals surface area contributed by atoms with E-state index in [4.69, 9.17) is 4.74 Å². The number of methoxy groups -OCH3 is 1. The molecule has 0 amide bonds. The maximum Gasteiger partial charge on any atom is 0.191 e. The molecule has 2 rings (SSSR count). The molecule has 144 valence electrons. The van der Waals surface area contributed by atoms with Gasteiger partial charge < -0.3 is 15.4 Å². The summed E-state index contributed by atoms with van der Waals surface area (Å²) in [5, 5.41) is 11.1. The predicted octanol–water partition coefficient (Wildman–Crippen LogP) is 3.27. The van der Waals surface area contributed by atoms with Crippen molar-refractivity contribution >= 4 is 29.9 Å². The predicted molar refractivity (Wildman–Crippen MR) is 118 cm³/mol. The molecular formula is C19H30IN5O. The van der Waals surface area contributed by atoms with Gasteiger partial charge in [-0.1, -0.05) is 18.2 Å². The fourth-order valence-electron chi connectivity index (χ4n) is 2.68. The minimum atomic E-state index is 0. The summed E-state index contributed by atoms with van der Waals surface area (Å²) < 4.78 is 7.43. The van der Waals surface area contributed by atoms with E-state index in [0.717, 1.165) is 49.0 Å². The molecule has 0 unspecified atom stereocenters. The molecule has 1 aromatic carbocycles. The van der Waals surface area contributed by atoms with Crippen molar-refractivity contribution in [2.45, 2.75) is 40.3 Å². The summed E-state index contributed by atoms with van der Waals surface area (Å²) >= 11 is 0. The lowest BCUT2D eigenvalue weighted by Crippen LogP contribution is -2.38. The first-order valence-corrected chi connectivity index (χ1v) is 8.79. The van der Waals surface area contributed by atoms with Gasteiger partial charge in [0, 0.05) is 30.9 Å². The zero-order valence-corrected chi connectivity index (χ0v) is 18.4. The monoisotopic (exact) mass is 471 g/mol. The van der Waals surface area contributed by atoms with Crippen molar-refractivity contribution in [1.29, 1.82) is 0 Å². The van der Waals surface area contributed by atoms with E-state index >= 15 is 0 Å². The third-order valence-electron chi connectivity index (χ3n) is 3.89. The SMILES string of the molecule is CCNC(=NCc1ccccc1OC)NCCCn1nc(C)cc1C.I. The first-order valence-electron chi connectivity index (χ1n) is 8.79. The lowest BCUT2D eigenvalue weighted by Gasteiger charge is -2.12. The van der Waals surface area contributed by atoms with Gasteiger partial charge in [0.1, 0.15) is 5.75 Å². The van der Waals surface area contributed by atoms with E-state index in [0.29, 0.717) is 6.54 Å². The summed E-state index contributed by atoms with van der Waals surface area (Å²) in [5.41, 5.74) is 3.34. The van der Waals surface area contributed by atoms with Crippen molar-refractivity contribution in [3.8, 4) is 5.75 Å². The highest BCUT2D eigenvalue weighted by Crippen LogP contribution is 2.17. The van der Waals surface area contributed by atoms with Gasteiger partial charge in [-0.25, -0.2) is 4.99 Å². The topological polar surface area (TPSA) is 63.5 Å². The number of nitrogens with one attached hydrogen (secondary N) is 2. The lowest BCUT2D eigenvalue weighted by atomic mass is 10.2. The molecule has 0 saturated heterocycles. The van der Waals surface area contributed by atoms with E-state index < -0.39 is 0 Å². The number of hydrogen-bond acceptors (Lipinski definition) is 3. The highest BCUT2D eigenvalue weighted by Gasteiger charge is 2.03. The maximum absolute atomic E-state index is 5.38. The second-order valence-electron chi connectivity index (χ2n) is 5.94. The van der Waals surface area contributed by atoms with Crippen LogP contribution >= 0.6 is 24.0 Å². The van der Waals surface area contributed by atoms with Gasteiger partial charge in [0.25, 0.3) is 0 Å². The van der Waals surface area contributed by atoms with Crippen molar-refractivity contribution < 1.29 is 4.74 Å². The van der Waals surface area contributed by atoms with Crippen LogP contribution in [0, 0.1) is 13.8 Å². The Morgan fingerprint density at radius 2 is 2.00 bits per heavy atom. The average Bonchev–Trinajstić information content (AvgIpc) is 2.94. The van der Waals surface area contributed by atoms with E-state index in [1.165, 1.54) is 5.69 Å². The normalized spacial score (nSPS) is 11.0. The minimum absolute atomic E-state index is 0. The van der Waals surface area contributed by atoms with Crippen LogP contribution < -0.4 is 15.4 Å². The van der Waals surface area contributed by atoms with E-state index in [9.17, 15) is 0 Å². The number of ether oxygens (including phenoxy) is 1. The number of nitrogens with zero attached hydrogens (tertiary/aromatic N) is 3. The summed E-state index contributed by atoms with van der Waals surface area (Å²) in [7, 11) is 1.69. The lowest BCUT2D eigenvalue weighted by molar-refractivity contribution is 0.410. The molecule has 7 heteroatoms. The molecular weight excluding hydrogens is 441 g/mol. The molecule has 0 aliphatic carbocycles. The molecule has 0 spiro atoms. The third kappa shape index (κ3) is 6.86. The van der Waals surface area contributed by atoms with Crippen molar-refractivity contribution in [2.75, 3.05) is 20.2 Å². The molecule has 1 heterocycles. The molecule has 0 aliphatic heterocycles. The number of hydrogen-bond donors (Lipinski definition) is 2. The standard InChI is InChI=1S/C19H29N5O.HI/c1-5-20-19(22-14-17-9-6-7-10-18(17)25-4)21-11-8-12-24-16(3)13-15(2)23-24;/h6-7,9-10,13H,5,8,11-12,14H2,1-4H3,(H2,20,21,22);1H. The van der Waals surface area contributed by atoms with Gasteiger partial charge >= 0.3 is 0 Å². The van der Waals surface area contributed by atoms with Crippen LogP contribution in [0.25, 0.3) is 0 Å². The summed E-state index contributed by atoms with van der Waals surface area (Å²) in [6.07, 6.45) is 0.987. The van der Waals surface area contributed by atoms with E-state index in [-0.39, 0.29) is 24.0 Å². The average molecular weight is 471 g/mol. The van der Waals surface area contributed by atoms with Gasteiger partial charge in [0.15, 0.2) is 5.96 Å².